The minimum absolute atomic E-state index is 0.308. The zero-order valence-electron chi connectivity index (χ0n) is 8.79. The molecular weight excluding hydrogens is 172 g/mol. The van der Waals surface area contributed by atoms with Crippen molar-refractivity contribution in [2.75, 3.05) is 0 Å². The molecule has 1 aliphatic rings. The fourth-order valence-electron chi connectivity index (χ4n) is 1.85. The van der Waals surface area contributed by atoms with E-state index < -0.39 is 0 Å². The van der Waals surface area contributed by atoms with Crippen molar-refractivity contribution in [1.82, 2.24) is 0 Å². The maximum Gasteiger partial charge on any atom is 0.166 e. The Hall–Kier alpha value is -1.11. The number of Topliss-reactive ketones (excluding diaryl/α,β-unsaturated/α-hetero) is 1. The van der Waals surface area contributed by atoms with Crippen LogP contribution in [0, 0.1) is 11.8 Å². The Morgan fingerprint density at radius 1 is 1.50 bits per heavy atom. The highest BCUT2D eigenvalue weighted by Crippen LogP contribution is 2.40. The topological polar surface area (TPSA) is 17.1 Å². The van der Waals surface area contributed by atoms with Gasteiger partial charge in [-0.1, -0.05) is 32.0 Å². The predicted molar refractivity (Wildman–Crippen MR) is 57.4 cm³/mol. The van der Waals surface area contributed by atoms with Gasteiger partial charge in [0.2, 0.25) is 0 Å². The number of hydrogen-bond acceptors (Lipinski definition) is 1. The maximum absolute atomic E-state index is 11.9. The lowest BCUT2D eigenvalue weighted by atomic mass is 10.0. The molecule has 0 radical (unpaired) electrons. The average Bonchev–Trinajstić information content (AvgIpc) is 2.94. The van der Waals surface area contributed by atoms with Gasteiger partial charge in [0.1, 0.15) is 0 Å². The van der Waals surface area contributed by atoms with Crippen LogP contribution < -0.4 is 0 Å². The zero-order valence-corrected chi connectivity index (χ0v) is 8.79. The van der Waals surface area contributed by atoms with E-state index in [2.05, 4.69) is 19.9 Å². The second kappa shape index (κ2) is 3.56. The second-order valence-electron chi connectivity index (χ2n) is 4.24. The van der Waals surface area contributed by atoms with E-state index in [1.807, 2.05) is 18.2 Å². The van der Waals surface area contributed by atoms with E-state index in [0.717, 1.165) is 18.4 Å². The van der Waals surface area contributed by atoms with Gasteiger partial charge in [-0.15, -0.1) is 0 Å². The van der Waals surface area contributed by atoms with Gasteiger partial charge in [-0.25, -0.2) is 0 Å². The van der Waals surface area contributed by atoms with Gasteiger partial charge in [0.15, 0.2) is 5.78 Å². The van der Waals surface area contributed by atoms with E-state index in [-0.39, 0.29) is 0 Å². The summed E-state index contributed by atoms with van der Waals surface area (Å²) in [5.41, 5.74) is 2.16. The molecule has 1 nitrogen and oxygen atoms in total. The van der Waals surface area contributed by atoms with Crippen LogP contribution in [0.4, 0.5) is 0 Å². The van der Waals surface area contributed by atoms with Crippen molar-refractivity contribution in [2.24, 2.45) is 11.8 Å². The van der Waals surface area contributed by atoms with Gasteiger partial charge in [0, 0.05) is 11.5 Å². The minimum Gasteiger partial charge on any atom is -0.294 e. The lowest BCUT2D eigenvalue weighted by Crippen LogP contribution is -2.03. The third-order valence-electron chi connectivity index (χ3n) is 3.07. The summed E-state index contributed by atoms with van der Waals surface area (Å²) in [4.78, 5) is 11.9. The van der Waals surface area contributed by atoms with Crippen molar-refractivity contribution in [1.29, 1.82) is 0 Å². The molecule has 0 heterocycles. The molecule has 0 aromatic heterocycles. The Morgan fingerprint density at radius 3 is 2.79 bits per heavy atom. The summed E-state index contributed by atoms with van der Waals surface area (Å²) >= 11 is 0. The number of carbonyl (C=O) groups is 1. The van der Waals surface area contributed by atoms with Crippen LogP contribution in [0.2, 0.25) is 0 Å². The number of rotatable bonds is 3. The monoisotopic (exact) mass is 188 g/mol. The average molecular weight is 188 g/mol. The number of benzene rings is 1. The molecule has 2 rings (SSSR count). The van der Waals surface area contributed by atoms with E-state index in [1.54, 1.807) is 0 Å². The van der Waals surface area contributed by atoms with Crippen molar-refractivity contribution in [3.05, 3.63) is 35.4 Å². The van der Waals surface area contributed by atoms with Crippen molar-refractivity contribution < 1.29 is 4.79 Å². The SMILES string of the molecule is CCc1cccc(C(=O)C2CC2C)c1. The summed E-state index contributed by atoms with van der Waals surface area (Å²) in [6, 6.07) is 8.03. The Kier molecular flexibility index (Phi) is 2.40. The molecular formula is C13H16O. The Balaban J connectivity index is 2.19. The molecule has 2 atom stereocenters. The standard InChI is InChI=1S/C13H16O/c1-3-10-5-4-6-11(8-10)13(14)12-7-9(12)2/h4-6,8-9,12H,3,7H2,1-2H3. The van der Waals surface area contributed by atoms with Crippen LogP contribution in [0.3, 0.4) is 0 Å². The van der Waals surface area contributed by atoms with Crippen LogP contribution in [0.15, 0.2) is 24.3 Å². The number of aryl methyl sites for hydroxylation is 1. The third-order valence-corrected chi connectivity index (χ3v) is 3.07. The van der Waals surface area contributed by atoms with Gasteiger partial charge in [0.25, 0.3) is 0 Å². The zero-order chi connectivity index (χ0) is 10.1. The van der Waals surface area contributed by atoms with E-state index in [1.165, 1.54) is 5.56 Å². The van der Waals surface area contributed by atoms with Gasteiger partial charge < -0.3 is 0 Å². The molecule has 1 saturated carbocycles. The molecule has 1 aromatic carbocycles. The fourth-order valence-corrected chi connectivity index (χ4v) is 1.85. The molecule has 0 aliphatic heterocycles. The Morgan fingerprint density at radius 2 is 2.21 bits per heavy atom. The number of hydrogen-bond donors (Lipinski definition) is 0. The molecule has 1 aliphatic carbocycles. The first-order chi connectivity index (χ1) is 6.72. The normalized spacial score (nSPS) is 24.7. The van der Waals surface area contributed by atoms with Gasteiger partial charge in [-0.05, 0) is 30.4 Å². The van der Waals surface area contributed by atoms with Gasteiger partial charge in [-0.3, -0.25) is 4.79 Å². The highest BCUT2D eigenvalue weighted by Gasteiger charge is 2.39. The highest BCUT2D eigenvalue weighted by atomic mass is 16.1. The van der Waals surface area contributed by atoms with Crippen molar-refractivity contribution in [3.63, 3.8) is 0 Å². The minimum atomic E-state index is 0.308. The van der Waals surface area contributed by atoms with Crippen LogP contribution in [0.1, 0.15) is 36.2 Å². The van der Waals surface area contributed by atoms with E-state index in [4.69, 9.17) is 0 Å². The first kappa shape index (κ1) is 9.45. The van der Waals surface area contributed by atoms with E-state index >= 15 is 0 Å². The molecule has 74 valence electrons. The lowest BCUT2D eigenvalue weighted by Gasteiger charge is -2.01. The van der Waals surface area contributed by atoms with Crippen molar-refractivity contribution in [2.45, 2.75) is 26.7 Å². The Labute approximate surface area is 85.1 Å². The molecule has 1 fully saturated rings. The predicted octanol–water partition coefficient (Wildman–Crippen LogP) is 3.09. The summed E-state index contributed by atoms with van der Waals surface area (Å²) < 4.78 is 0. The van der Waals surface area contributed by atoms with Gasteiger partial charge >= 0.3 is 0 Å². The molecule has 0 amide bonds. The fraction of sp³-hybridized carbons (Fsp3) is 0.462. The highest BCUT2D eigenvalue weighted by molar-refractivity contribution is 5.99. The summed E-state index contributed by atoms with van der Waals surface area (Å²) in [5, 5.41) is 0. The van der Waals surface area contributed by atoms with Crippen LogP contribution in [-0.2, 0) is 6.42 Å². The van der Waals surface area contributed by atoms with Crippen LogP contribution in [-0.4, -0.2) is 5.78 Å². The summed E-state index contributed by atoms with van der Waals surface area (Å²) in [6.45, 7) is 4.26. The van der Waals surface area contributed by atoms with E-state index in [0.29, 0.717) is 17.6 Å². The smallest absolute Gasteiger partial charge is 0.166 e. The maximum atomic E-state index is 11.9. The quantitative estimate of drug-likeness (QED) is 0.666. The first-order valence-corrected chi connectivity index (χ1v) is 5.35. The van der Waals surface area contributed by atoms with Crippen molar-refractivity contribution in [3.8, 4) is 0 Å². The number of carbonyl (C=O) groups excluding carboxylic acids is 1. The van der Waals surface area contributed by atoms with Crippen LogP contribution in [0.5, 0.6) is 0 Å². The van der Waals surface area contributed by atoms with Crippen LogP contribution >= 0.6 is 0 Å². The number of ketones is 1. The summed E-state index contributed by atoms with van der Waals surface area (Å²) in [5.74, 6) is 1.25. The lowest BCUT2D eigenvalue weighted by molar-refractivity contribution is 0.0962. The molecule has 0 saturated heterocycles. The molecule has 1 aromatic rings. The molecule has 14 heavy (non-hydrogen) atoms. The second-order valence-corrected chi connectivity index (χ2v) is 4.24. The largest absolute Gasteiger partial charge is 0.294 e. The van der Waals surface area contributed by atoms with Gasteiger partial charge in [0.05, 0.1) is 0 Å². The summed E-state index contributed by atoms with van der Waals surface area (Å²) in [6.07, 6.45) is 2.08. The van der Waals surface area contributed by atoms with E-state index in [9.17, 15) is 4.79 Å². The molecule has 0 bridgehead atoms. The van der Waals surface area contributed by atoms with Gasteiger partial charge in [-0.2, -0.15) is 0 Å². The molecule has 2 unspecified atom stereocenters. The van der Waals surface area contributed by atoms with Crippen LogP contribution in [0.25, 0.3) is 0 Å². The third kappa shape index (κ3) is 1.72. The Bertz CT molecular complexity index is 354. The summed E-state index contributed by atoms with van der Waals surface area (Å²) in [7, 11) is 0. The molecule has 1 heteroatoms. The van der Waals surface area contributed by atoms with Crippen molar-refractivity contribution >= 4 is 5.78 Å². The first-order valence-electron chi connectivity index (χ1n) is 5.35. The molecule has 0 spiro atoms. The molecule has 0 N–H and O–H groups in total.